The average Bonchev–Trinajstić information content (AvgIpc) is 2.93. The van der Waals surface area contributed by atoms with E-state index >= 15 is 0 Å². The first kappa shape index (κ1) is 15.6. The van der Waals surface area contributed by atoms with Crippen LogP contribution in [0.3, 0.4) is 0 Å². The Morgan fingerprint density at radius 1 is 1.24 bits per heavy atom. The number of hydrogen-bond donors (Lipinski definition) is 1. The van der Waals surface area contributed by atoms with Crippen LogP contribution in [0.4, 0.5) is 5.69 Å². The Morgan fingerprint density at radius 3 is 2.76 bits per heavy atom. The number of rotatable bonds is 8. The van der Waals surface area contributed by atoms with Gasteiger partial charge in [-0.1, -0.05) is 30.3 Å². The van der Waals surface area contributed by atoms with E-state index in [2.05, 4.69) is 60.4 Å². The summed E-state index contributed by atoms with van der Waals surface area (Å²) < 4.78 is 5.46. The molecule has 0 atom stereocenters. The van der Waals surface area contributed by atoms with Crippen LogP contribution in [0, 0.1) is 6.92 Å². The standard InChI is InChI=1S/C17H25N3O/c1-4-10-18-12-15-11-16(21-19-15)13-20(5-2)17-9-7-6-8-14(17)3/h6-9,11,18H,4-5,10,12-13H2,1-3H3. The molecule has 0 unspecified atom stereocenters. The topological polar surface area (TPSA) is 41.3 Å². The van der Waals surface area contributed by atoms with Crippen molar-refractivity contribution in [3.05, 3.63) is 47.3 Å². The van der Waals surface area contributed by atoms with Gasteiger partial charge in [-0.15, -0.1) is 0 Å². The molecule has 1 N–H and O–H groups in total. The van der Waals surface area contributed by atoms with Crippen molar-refractivity contribution in [1.29, 1.82) is 0 Å². The summed E-state index contributed by atoms with van der Waals surface area (Å²) in [6.45, 7) is 9.92. The smallest absolute Gasteiger partial charge is 0.156 e. The van der Waals surface area contributed by atoms with Crippen molar-refractivity contribution in [3.63, 3.8) is 0 Å². The number of nitrogens with one attached hydrogen (secondary N) is 1. The summed E-state index contributed by atoms with van der Waals surface area (Å²) >= 11 is 0. The van der Waals surface area contributed by atoms with E-state index in [1.807, 2.05) is 6.07 Å². The molecule has 114 valence electrons. The predicted molar refractivity (Wildman–Crippen MR) is 86.4 cm³/mol. The molecule has 0 aliphatic heterocycles. The first-order chi connectivity index (χ1) is 10.2. The number of para-hydroxylation sites is 1. The summed E-state index contributed by atoms with van der Waals surface area (Å²) in [6, 6.07) is 10.5. The van der Waals surface area contributed by atoms with Crippen molar-refractivity contribution in [2.45, 2.75) is 40.3 Å². The van der Waals surface area contributed by atoms with Crippen LogP contribution in [0.5, 0.6) is 0 Å². The van der Waals surface area contributed by atoms with Crippen LogP contribution in [-0.4, -0.2) is 18.2 Å². The number of aromatic nitrogens is 1. The minimum Gasteiger partial charge on any atom is -0.364 e. The molecule has 1 heterocycles. The number of nitrogens with zero attached hydrogens (tertiary/aromatic N) is 2. The quantitative estimate of drug-likeness (QED) is 0.754. The second-order valence-corrected chi connectivity index (χ2v) is 5.26. The van der Waals surface area contributed by atoms with E-state index in [9.17, 15) is 0 Å². The molecular weight excluding hydrogens is 262 g/mol. The normalized spacial score (nSPS) is 10.8. The fourth-order valence-corrected chi connectivity index (χ4v) is 2.38. The van der Waals surface area contributed by atoms with Crippen LogP contribution < -0.4 is 10.2 Å². The minimum atomic E-state index is 0.752. The van der Waals surface area contributed by atoms with Crippen molar-refractivity contribution >= 4 is 5.69 Å². The lowest BCUT2D eigenvalue weighted by Gasteiger charge is -2.23. The molecule has 0 amide bonds. The van der Waals surface area contributed by atoms with E-state index in [4.69, 9.17) is 4.52 Å². The van der Waals surface area contributed by atoms with E-state index in [0.29, 0.717) is 0 Å². The largest absolute Gasteiger partial charge is 0.364 e. The number of hydrogen-bond acceptors (Lipinski definition) is 4. The highest BCUT2D eigenvalue weighted by Crippen LogP contribution is 2.21. The monoisotopic (exact) mass is 287 g/mol. The Bertz CT molecular complexity index is 550. The maximum Gasteiger partial charge on any atom is 0.156 e. The van der Waals surface area contributed by atoms with E-state index in [1.54, 1.807) is 0 Å². The molecule has 0 aliphatic carbocycles. The first-order valence-electron chi connectivity index (χ1n) is 7.70. The molecule has 0 saturated heterocycles. The SMILES string of the molecule is CCCNCc1cc(CN(CC)c2ccccc2C)on1. The molecule has 21 heavy (non-hydrogen) atoms. The Labute approximate surface area is 127 Å². The maximum atomic E-state index is 5.46. The van der Waals surface area contributed by atoms with E-state index < -0.39 is 0 Å². The predicted octanol–water partition coefficient (Wildman–Crippen LogP) is 3.51. The number of aryl methyl sites for hydroxylation is 1. The van der Waals surface area contributed by atoms with E-state index in [0.717, 1.165) is 44.1 Å². The number of benzene rings is 1. The zero-order chi connectivity index (χ0) is 15.1. The molecule has 0 aliphatic rings. The van der Waals surface area contributed by atoms with Gasteiger partial charge in [0.1, 0.15) is 0 Å². The summed E-state index contributed by atoms with van der Waals surface area (Å²) in [7, 11) is 0. The van der Waals surface area contributed by atoms with E-state index in [-0.39, 0.29) is 0 Å². The molecule has 1 aromatic heterocycles. The van der Waals surface area contributed by atoms with Crippen molar-refractivity contribution in [2.24, 2.45) is 0 Å². The second kappa shape index (κ2) is 7.84. The zero-order valence-corrected chi connectivity index (χ0v) is 13.2. The Morgan fingerprint density at radius 2 is 2.05 bits per heavy atom. The molecule has 2 rings (SSSR count). The second-order valence-electron chi connectivity index (χ2n) is 5.26. The zero-order valence-electron chi connectivity index (χ0n) is 13.2. The Balaban J connectivity index is 2.01. The lowest BCUT2D eigenvalue weighted by atomic mass is 10.1. The summed E-state index contributed by atoms with van der Waals surface area (Å²) in [4.78, 5) is 2.30. The minimum absolute atomic E-state index is 0.752. The van der Waals surface area contributed by atoms with Gasteiger partial charge in [-0.2, -0.15) is 0 Å². The van der Waals surface area contributed by atoms with Crippen LogP contribution in [0.25, 0.3) is 0 Å². The van der Waals surface area contributed by atoms with Gasteiger partial charge in [0, 0.05) is 24.8 Å². The summed E-state index contributed by atoms with van der Waals surface area (Å²) in [5.74, 6) is 0.911. The molecule has 4 heteroatoms. The fourth-order valence-electron chi connectivity index (χ4n) is 2.38. The van der Waals surface area contributed by atoms with Crippen molar-refractivity contribution in [3.8, 4) is 0 Å². The Kier molecular flexibility index (Phi) is 5.81. The molecule has 0 radical (unpaired) electrons. The van der Waals surface area contributed by atoms with E-state index in [1.165, 1.54) is 11.3 Å². The van der Waals surface area contributed by atoms with Gasteiger partial charge in [0.25, 0.3) is 0 Å². The molecule has 2 aromatic rings. The van der Waals surface area contributed by atoms with Crippen LogP contribution in [0.2, 0.25) is 0 Å². The summed E-state index contributed by atoms with van der Waals surface area (Å²) in [5, 5.41) is 7.46. The van der Waals surface area contributed by atoms with Crippen molar-refractivity contribution < 1.29 is 4.52 Å². The van der Waals surface area contributed by atoms with Gasteiger partial charge in [0.15, 0.2) is 5.76 Å². The summed E-state index contributed by atoms with van der Waals surface area (Å²) in [5.41, 5.74) is 3.50. The van der Waals surface area contributed by atoms with Gasteiger partial charge in [-0.25, -0.2) is 0 Å². The van der Waals surface area contributed by atoms with Gasteiger partial charge < -0.3 is 14.7 Å². The lowest BCUT2D eigenvalue weighted by molar-refractivity contribution is 0.373. The Hall–Kier alpha value is -1.81. The molecular formula is C17H25N3O. The van der Waals surface area contributed by atoms with Gasteiger partial charge in [-0.3, -0.25) is 0 Å². The van der Waals surface area contributed by atoms with Gasteiger partial charge in [0.05, 0.1) is 12.2 Å². The highest BCUT2D eigenvalue weighted by Gasteiger charge is 2.11. The third-order valence-electron chi connectivity index (χ3n) is 3.53. The summed E-state index contributed by atoms with van der Waals surface area (Å²) in [6.07, 6.45) is 1.13. The molecule has 4 nitrogen and oxygen atoms in total. The average molecular weight is 287 g/mol. The third-order valence-corrected chi connectivity index (χ3v) is 3.53. The van der Waals surface area contributed by atoms with Crippen LogP contribution in [-0.2, 0) is 13.1 Å². The molecule has 0 spiro atoms. The molecule has 0 saturated carbocycles. The maximum absolute atomic E-state index is 5.46. The highest BCUT2D eigenvalue weighted by molar-refractivity contribution is 5.52. The van der Waals surface area contributed by atoms with Gasteiger partial charge in [0.2, 0.25) is 0 Å². The van der Waals surface area contributed by atoms with Crippen molar-refractivity contribution in [1.82, 2.24) is 10.5 Å². The first-order valence-corrected chi connectivity index (χ1v) is 7.70. The molecule has 1 aromatic carbocycles. The lowest BCUT2D eigenvalue weighted by Crippen LogP contribution is -2.22. The van der Waals surface area contributed by atoms with Crippen LogP contribution >= 0.6 is 0 Å². The van der Waals surface area contributed by atoms with Crippen LogP contribution in [0.1, 0.15) is 37.3 Å². The third kappa shape index (κ3) is 4.33. The van der Waals surface area contributed by atoms with Crippen LogP contribution in [0.15, 0.2) is 34.9 Å². The van der Waals surface area contributed by atoms with Crippen molar-refractivity contribution in [2.75, 3.05) is 18.0 Å². The fraction of sp³-hybridized carbons (Fsp3) is 0.471. The van der Waals surface area contributed by atoms with Gasteiger partial charge >= 0.3 is 0 Å². The highest BCUT2D eigenvalue weighted by atomic mass is 16.5. The van der Waals surface area contributed by atoms with Gasteiger partial charge in [-0.05, 0) is 38.4 Å². The number of anilines is 1. The molecule has 0 fully saturated rings. The molecule has 0 bridgehead atoms.